The Morgan fingerprint density at radius 3 is 2.76 bits per heavy atom. The zero-order valence-electron chi connectivity index (χ0n) is 12.7. The average Bonchev–Trinajstić information content (AvgIpc) is 2.51. The van der Waals surface area contributed by atoms with Crippen molar-refractivity contribution in [1.29, 1.82) is 0 Å². The summed E-state index contributed by atoms with van der Waals surface area (Å²) in [6.45, 7) is 6.09. The Bertz CT molecular complexity index is 597. The summed E-state index contributed by atoms with van der Waals surface area (Å²) in [5, 5.41) is 3.61. The van der Waals surface area contributed by atoms with Gasteiger partial charge in [0.1, 0.15) is 0 Å². The van der Waals surface area contributed by atoms with Gasteiger partial charge in [-0.15, -0.1) is 0 Å². The van der Waals surface area contributed by atoms with Gasteiger partial charge < -0.3 is 10.2 Å². The van der Waals surface area contributed by atoms with Crippen molar-refractivity contribution in [3.63, 3.8) is 0 Å². The molecule has 1 fully saturated rings. The first-order valence-corrected chi connectivity index (χ1v) is 7.59. The predicted molar refractivity (Wildman–Crippen MR) is 86.8 cm³/mol. The highest BCUT2D eigenvalue weighted by Gasteiger charge is 2.21. The minimum absolute atomic E-state index is 0.450. The van der Waals surface area contributed by atoms with E-state index in [9.17, 15) is 0 Å². The highest BCUT2D eigenvalue weighted by atomic mass is 15.3. The number of rotatable bonds is 3. The van der Waals surface area contributed by atoms with Gasteiger partial charge in [-0.1, -0.05) is 18.2 Å². The topological polar surface area (TPSA) is 41.1 Å². The van der Waals surface area contributed by atoms with Crippen molar-refractivity contribution in [3.05, 3.63) is 47.8 Å². The van der Waals surface area contributed by atoms with Crippen LogP contribution in [0.15, 0.2) is 36.5 Å². The van der Waals surface area contributed by atoms with Gasteiger partial charge in [0, 0.05) is 36.7 Å². The van der Waals surface area contributed by atoms with Crippen LogP contribution in [0.5, 0.6) is 0 Å². The molecule has 0 saturated carbocycles. The van der Waals surface area contributed by atoms with Gasteiger partial charge in [-0.2, -0.15) is 0 Å². The van der Waals surface area contributed by atoms with Crippen LogP contribution in [0.4, 0.5) is 11.6 Å². The van der Waals surface area contributed by atoms with Crippen molar-refractivity contribution >= 4 is 11.6 Å². The van der Waals surface area contributed by atoms with Crippen LogP contribution in [0.1, 0.15) is 24.1 Å². The smallest absolute Gasteiger partial charge is 0.225 e. The van der Waals surface area contributed by atoms with E-state index in [1.807, 2.05) is 19.2 Å². The first kappa shape index (κ1) is 13.9. The Labute approximate surface area is 126 Å². The van der Waals surface area contributed by atoms with Crippen LogP contribution in [0.25, 0.3) is 0 Å². The lowest BCUT2D eigenvalue weighted by Crippen LogP contribution is -2.43. The number of hydrogen-bond acceptors (Lipinski definition) is 4. The zero-order chi connectivity index (χ0) is 14.7. The summed E-state index contributed by atoms with van der Waals surface area (Å²) in [6, 6.07) is 10.9. The highest BCUT2D eigenvalue weighted by Crippen LogP contribution is 2.19. The molecule has 110 valence electrons. The molecule has 1 aromatic heterocycles. The van der Waals surface area contributed by atoms with E-state index in [0.717, 1.165) is 30.3 Å². The van der Waals surface area contributed by atoms with E-state index in [0.29, 0.717) is 6.04 Å². The molecule has 4 nitrogen and oxygen atoms in total. The molecule has 1 N–H and O–H groups in total. The predicted octanol–water partition coefficient (Wildman–Crippen LogP) is 3.17. The molecule has 1 aliphatic rings. The number of hydrogen-bond donors (Lipinski definition) is 1. The molecule has 3 rings (SSSR count). The number of aryl methyl sites for hydroxylation is 2. The van der Waals surface area contributed by atoms with Crippen LogP contribution in [-0.2, 0) is 0 Å². The molecule has 1 unspecified atom stereocenters. The lowest BCUT2D eigenvalue weighted by Gasteiger charge is -2.33. The number of anilines is 2. The summed E-state index contributed by atoms with van der Waals surface area (Å²) in [6.07, 6.45) is 4.28. The number of aromatic nitrogens is 2. The average molecular weight is 282 g/mol. The number of nitrogens with one attached hydrogen (secondary N) is 1. The molecule has 21 heavy (non-hydrogen) atoms. The SMILES string of the molecule is Cc1cnc(N2CCCC(Nc3ccccc3)C2)nc1C. The first-order valence-electron chi connectivity index (χ1n) is 7.59. The van der Waals surface area contributed by atoms with E-state index < -0.39 is 0 Å². The maximum atomic E-state index is 4.62. The minimum atomic E-state index is 0.450. The van der Waals surface area contributed by atoms with E-state index in [1.54, 1.807) is 0 Å². The Hall–Kier alpha value is -2.10. The molecule has 4 heteroatoms. The number of nitrogens with zero attached hydrogens (tertiary/aromatic N) is 3. The van der Waals surface area contributed by atoms with Gasteiger partial charge in [0.05, 0.1) is 0 Å². The second-order valence-corrected chi connectivity index (χ2v) is 5.73. The summed E-state index contributed by atoms with van der Waals surface area (Å²) >= 11 is 0. The molecule has 1 aliphatic heterocycles. The molecule has 1 atom stereocenters. The molecule has 0 bridgehead atoms. The maximum Gasteiger partial charge on any atom is 0.225 e. The Kier molecular flexibility index (Phi) is 4.04. The quantitative estimate of drug-likeness (QED) is 0.939. The number of benzene rings is 1. The maximum absolute atomic E-state index is 4.62. The summed E-state index contributed by atoms with van der Waals surface area (Å²) in [5.74, 6) is 0.859. The van der Waals surface area contributed by atoms with Gasteiger partial charge in [-0.25, -0.2) is 9.97 Å². The Morgan fingerprint density at radius 1 is 1.19 bits per heavy atom. The number of piperidine rings is 1. The third kappa shape index (κ3) is 3.32. The van der Waals surface area contributed by atoms with Gasteiger partial charge in [-0.3, -0.25) is 0 Å². The Morgan fingerprint density at radius 2 is 2.00 bits per heavy atom. The fraction of sp³-hybridized carbons (Fsp3) is 0.412. The second kappa shape index (κ2) is 6.12. The molecular formula is C17H22N4. The second-order valence-electron chi connectivity index (χ2n) is 5.73. The zero-order valence-corrected chi connectivity index (χ0v) is 12.7. The molecule has 1 aromatic carbocycles. The van der Waals surface area contributed by atoms with Crippen LogP contribution in [-0.4, -0.2) is 29.1 Å². The van der Waals surface area contributed by atoms with E-state index >= 15 is 0 Å². The van der Waals surface area contributed by atoms with Crippen LogP contribution < -0.4 is 10.2 Å². The lowest BCUT2D eigenvalue weighted by atomic mass is 10.1. The third-order valence-electron chi connectivity index (χ3n) is 4.06. The van der Waals surface area contributed by atoms with E-state index in [-0.39, 0.29) is 0 Å². The fourth-order valence-corrected chi connectivity index (χ4v) is 2.71. The van der Waals surface area contributed by atoms with Crippen LogP contribution in [0, 0.1) is 13.8 Å². The minimum Gasteiger partial charge on any atom is -0.381 e. The normalized spacial score (nSPS) is 18.6. The van der Waals surface area contributed by atoms with E-state index in [4.69, 9.17) is 0 Å². The third-order valence-corrected chi connectivity index (χ3v) is 4.06. The largest absolute Gasteiger partial charge is 0.381 e. The molecular weight excluding hydrogens is 260 g/mol. The van der Waals surface area contributed by atoms with Crippen molar-refractivity contribution in [2.24, 2.45) is 0 Å². The molecule has 0 amide bonds. The summed E-state index contributed by atoms with van der Waals surface area (Å²) in [7, 11) is 0. The number of para-hydroxylation sites is 1. The molecule has 0 radical (unpaired) electrons. The van der Waals surface area contributed by atoms with Gasteiger partial charge in [-0.05, 0) is 44.4 Å². The van der Waals surface area contributed by atoms with Gasteiger partial charge in [0.25, 0.3) is 0 Å². The van der Waals surface area contributed by atoms with Crippen molar-refractivity contribution in [1.82, 2.24) is 9.97 Å². The van der Waals surface area contributed by atoms with E-state index in [2.05, 4.69) is 51.4 Å². The molecule has 0 spiro atoms. The first-order chi connectivity index (χ1) is 10.2. The molecule has 2 aromatic rings. The van der Waals surface area contributed by atoms with Crippen LogP contribution in [0.3, 0.4) is 0 Å². The molecule has 2 heterocycles. The van der Waals surface area contributed by atoms with Crippen molar-refractivity contribution < 1.29 is 0 Å². The van der Waals surface area contributed by atoms with Crippen molar-refractivity contribution in [2.45, 2.75) is 32.7 Å². The van der Waals surface area contributed by atoms with Gasteiger partial charge >= 0.3 is 0 Å². The summed E-state index contributed by atoms with van der Waals surface area (Å²) in [5.41, 5.74) is 3.40. The fourth-order valence-electron chi connectivity index (χ4n) is 2.71. The van der Waals surface area contributed by atoms with Crippen LogP contribution >= 0.6 is 0 Å². The van der Waals surface area contributed by atoms with Crippen molar-refractivity contribution in [2.75, 3.05) is 23.3 Å². The summed E-state index contributed by atoms with van der Waals surface area (Å²) in [4.78, 5) is 11.4. The van der Waals surface area contributed by atoms with E-state index in [1.165, 1.54) is 18.5 Å². The molecule has 1 saturated heterocycles. The van der Waals surface area contributed by atoms with Gasteiger partial charge in [0.2, 0.25) is 5.95 Å². The monoisotopic (exact) mass is 282 g/mol. The Balaban J connectivity index is 1.69. The molecule has 0 aliphatic carbocycles. The van der Waals surface area contributed by atoms with Crippen LogP contribution in [0.2, 0.25) is 0 Å². The summed E-state index contributed by atoms with van der Waals surface area (Å²) < 4.78 is 0. The highest BCUT2D eigenvalue weighted by molar-refractivity contribution is 5.44. The van der Waals surface area contributed by atoms with Gasteiger partial charge in [0.15, 0.2) is 0 Å². The van der Waals surface area contributed by atoms with Crippen molar-refractivity contribution in [3.8, 4) is 0 Å². The lowest BCUT2D eigenvalue weighted by molar-refractivity contribution is 0.522. The standard InChI is InChI=1S/C17H22N4/c1-13-11-18-17(19-14(13)2)21-10-6-9-16(12-21)20-15-7-4-3-5-8-15/h3-5,7-8,11,16,20H,6,9-10,12H2,1-2H3.